The molecular weight excluding hydrogens is 354 g/mol. The van der Waals surface area contributed by atoms with Gasteiger partial charge in [-0.05, 0) is 49.7 Å². The largest absolute Gasteiger partial charge is 0.325 e. The van der Waals surface area contributed by atoms with Crippen LogP contribution in [0.25, 0.3) is 10.9 Å². The third-order valence-corrected chi connectivity index (χ3v) is 4.93. The van der Waals surface area contributed by atoms with Gasteiger partial charge in [-0.25, -0.2) is 0 Å². The Morgan fingerprint density at radius 2 is 1.82 bits per heavy atom. The summed E-state index contributed by atoms with van der Waals surface area (Å²) in [6.07, 6.45) is 1.74. The molecule has 1 N–H and O–H groups in total. The van der Waals surface area contributed by atoms with E-state index in [0.29, 0.717) is 16.8 Å². The Kier molecular flexibility index (Phi) is 4.39. The lowest BCUT2D eigenvalue weighted by molar-refractivity contribution is -0.116. The van der Waals surface area contributed by atoms with E-state index in [1.165, 1.54) is 0 Å². The van der Waals surface area contributed by atoms with Gasteiger partial charge < -0.3 is 5.32 Å². The molecule has 140 valence electrons. The molecule has 0 saturated carbocycles. The average molecular weight is 373 g/mol. The van der Waals surface area contributed by atoms with Gasteiger partial charge in [0.15, 0.2) is 0 Å². The first-order valence-corrected chi connectivity index (χ1v) is 9.07. The SMILES string of the molecule is Cc1ccc2c(c1)C(=O)N(CCC(=O)Nc1ccc(C)c3ncccc13)C2=O. The molecule has 6 nitrogen and oxygen atoms in total. The summed E-state index contributed by atoms with van der Waals surface area (Å²) in [7, 11) is 0. The van der Waals surface area contributed by atoms with Crippen molar-refractivity contribution in [3.05, 3.63) is 70.9 Å². The Bertz CT molecular complexity index is 1140. The van der Waals surface area contributed by atoms with Crippen molar-refractivity contribution in [2.24, 2.45) is 0 Å². The van der Waals surface area contributed by atoms with Crippen molar-refractivity contribution in [2.75, 3.05) is 11.9 Å². The number of nitrogens with zero attached hydrogens (tertiary/aromatic N) is 2. The number of amides is 3. The number of rotatable bonds is 4. The minimum Gasteiger partial charge on any atom is -0.325 e. The second-order valence-corrected chi connectivity index (χ2v) is 6.94. The zero-order chi connectivity index (χ0) is 19.8. The number of aryl methyl sites for hydroxylation is 2. The quantitative estimate of drug-likeness (QED) is 0.710. The van der Waals surface area contributed by atoms with Crippen LogP contribution in [0.4, 0.5) is 5.69 Å². The van der Waals surface area contributed by atoms with E-state index in [9.17, 15) is 14.4 Å². The van der Waals surface area contributed by atoms with Gasteiger partial charge in [-0.15, -0.1) is 0 Å². The van der Waals surface area contributed by atoms with E-state index >= 15 is 0 Å². The summed E-state index contributed by atoms with van der Waals surface area (Å²) in [5.41, 5.74) is 4.23. The van der Waals surface area contributed by atoms with Crippen LogP contribution in [0.1, 0.15) is 38.3 Å². The molecule has 2 heterocycles. The third-order valence-electron chi connectivity index (χ3n) is 4.93. The van der Waals surface area contributed by atoms with E-state index < -0.39 is 0 Å². The Hall–Kier alpha value is -3.54. The monoisotopic (exact) mass is 373 g/mol. The summed E-state index contributed by atoms with van der Waals surface area (Å²) in [5.74, 6) is -0.957. The molecule has 0 bridgehead atoms. The van der Waals surface area contributed by atoms with E-state index in [4.69, 9.17) is 0 Å². The van der Waals surface area contributed by atoms with E-state index in [2.05, 4.69) is 10.3 Å². The van der Waals surface area contributed by atoms with Crippen molar-refractivity contribution in [2.45, 2.75) is 20.3 Å². The molecule has 1 aliphatic rings. The Morgan fingerprint density at radius 1 is 1.04 bits per heavy atom. The molecule has 6 heteroatoms. The standard InChI is InChI=1S/C22H19N3O3/c1-13-5-7-15-17(12-13)22(28)25(21(15)27)11-9-19(26)24-18-8-6-14(2)20-16(18)4-3-10-23-20/h3-8,10,12H,9,11H2,1-2H3,(H,24,26). The fourth-order valence-corrected chi connectivity index (χ4v) is 3.46. The van der Waals surface area contributed by atoms with Crippen molar-refractivity contribution in [3.63, 3.8) is 0 Å². The van der Waals surface area contributed by atoms with Crippen LogP contribution in [-0.2, 0) is 4.79 Å². The van der Waals surface area contributed by atoms with Gasteiger partial charge in [0.05, 0.1) is 22.3 Å². The molecule has 1 aliphatic heterocycles. The van der Waals surface area contributed by atoms with E-state index in [1.807, 2.05) is 38.1 Å². The lowest BCUT2D eigenvalue weighted by Crippen LogP contribution is -2.32. The average Bonchev–Trinajstić information content (AvgIpc) is 2.92. The molecule has 3 aromatic rings. The van der Waals surface area contributed by atoms with Gasteiger partial charge in [-0.2, -0.15) is 0 Å². The smallest absolute Gasteiger partial charge is 0.261 e. The van der Waals surface area contributed by atoms with Crippen LogP contribution in [0, 0.1) is 13.8 Å². The van der Waals surface area contributed by atoms with Crippen molar-refractivity contribution < 1.29 is 14.4 Å². The van der Waals surface area contributed by atoms with E-state index in [1.54, 1.807) is 24.4 Å². The molecule has 4 rings (SSSR count). The number of carbonyl (C=O) groups excluding carboxylic acids is 3. The van der Waals surface area contributed by atoms with Crippen LogP contribution in [0.2, 0.25) is 0 Å². The summed E-state index contributed by atoms with van der Waals surface area (Å²) in [6, 6.07) is 12.6. The van der Waals surface area contributed by atoms with Crippen LogP contribution in [0.15, 0.2) is 48.7 Å². The fourth-order valence-electron chi connectivity index (χ4n) is 3.46. The van der Waals surface area contributed by atoms with Crippen molar-refractivity contribution >= 4 is 34.3 Å². The molecule has 2 aromatic carbocycles. The number of imide groups is 1. The highest BCUT2D eigenvalue weighted by molar-refractivity contribution is 6.21. The summed E-state index contributed by atoms with van der Waals surface area (Å²) in [6.45, 7) is 3.87. The van der Waals surface area contributed by atoms with Crippen LogP contribution < -0.4 is 5.32 Å². The molecular formula is C22H19N3O3. The number of pyridine rings is 1. The second kappa shape index (κ2) is 6.88. The van der Waals surface area contributed by atoms with Crippen LogP contribution >= 0.6 is 0 Å². The first-order valence-electron chi connectivity index (χ1n) is 9.07. The highest BCUT2D eigenvalue weighted by Gasteiger charge is 2.35. The highest BCUT2D eigenvalue weighted by Crippen LogP contribution is 2.26. The maximum absolute atomic E-state index is 12.5. The fraction of sp³-hybridized carbons (Fsp3) is 0.182. The maximum Gasteiger partial charge on any atom is 0.261 e. The summed E-state index contributed by atoms with van der Waals surface area (Å²) in [5, 5.41) is 3.72. The Balaban J connectivity index is 1.47. The van der Waals surface area contributed by atoms with Gasteiger partial charge in [0.25, 0.3) is 11.8 Å². The molecule has 0 fully saturated rings. The number of anilines is 1. The van der Waals surface area contributed by atoms with Crippen LogP contribution in [0.5, 0.6) is 0 Å². The van der Waals surface area contributed by atoms with Gasteiger partial charge in [0.2, 0.25) is 5.91 Å². The topological polar surface area (TPSA) is 79.4 Å². The number of aromatic nitrogens is 1. The van der Waals surface area contributed by atoms with Crippen molar-refractivity contribution in [1.29, 1.82) is 0 Å². The lowest BCUT2D eigenvalue weighted by Gasteiger charge is -2.14. The van der Waals surface area contributed by atoms with Gasteiger partial charge in [-0.1, -0.05) is 17.7 Å². The first-order chi connectivity index (χ1) is 13.5. The van der Waals surface area contributed by atoms with Crippen LogP contribution in [0.3, 0.4) is 0 Å². The zero-order valence-corrected chi connectivity index (χ0v) is 15.7. The first kappa shape index (κ1) is 17.9. The zero-order valence-electron chi connectivity index (χ0n) is 15.7. The molecule has 0 saturated heterocycles. The number of carbonyl (C=O) groups is 3. The number of fused-ring (bicyclic) bond motifs is 2. The Labute approximate surface area is 162 Å². The van der Waals surface area contributed by atoms with E-state index in [0.717, 1.165) is 26.9 Å². The number of hydrogen-bond donors (Lipinski definition) is 1. The lowest BCUT2D eigenvalue weighted by atomic mass is 10.1. The molecule has 0 radical (unpaired) electrons. The van der Waals surface area contributed by atoms with Gasteiger partial charge >= 0.3 is 0 Å². The normalized spacial score (nSPS) is 13.1. The summed E-state index contributed by atoms with van der Waals surface area (Å²) in [4.78, 5) is 42.9. The minimum atomic E-state index is -0.349. The van der Waals surface area contributed by atoms with Gasteiger partial charge in [0.1, 0.15) is 0 Å². The number of hydrogen-bond acceptors (Lipinski definition) is 4. The van der Waals surface area contributed by atoms with E-state index in [-0.39, 0.29) is 30.7 Å². The Morgan fingerprint density at radius 3 is 2.64 bits per heavy atom. The molecule has 0 aliphatic carbocycles. The molecule has 3 amide bonds. The van der Waals surface area contributed by atoms with Crippen molar-refractivity contribution in [1.82, 2.24) is 9.88 Å². The maximum atomic E-state index is 12.5. The molecule has 0 atom stereocenters. The van der Waals surface area contributed by atoms with Crippen LogP contribution in [-0.4, -0.2) is 34.2 Å². The number of nitrogens with one attached hydrogen (secondary N) is 1. The molecule has 28 heavy (non-hydrogen) atoms. The predicted octanol–water partition coefficient (Wildman–Crippen LogP) is 3.48. The summed E-state index contributed by atoms with van der Waals surface area (Å²) < 4.78 is 0. The van der Waals surface area contributed by atoms with Gasteiger partial charge in [0, 0.05) is 24.5 Å². The predicted molar refractivity (Wildman–Crippen MR) is 106 cm³/mol. The number of benzene rings is 2. The highest BCUT2D eigenvalue weighted by atomic mass is 16.2. The second-order valence-electron chi connectivity index (χ2n) is 6.94. The van der Waals surface area contributed by atoms with Gasteiger partial charge in [-0.3, -0.25) is 24.3 Å². The molecule has 1 aromatic heterocycles. The molecule has 0 spiro atoms. The minimum absolute atomic E-state index is 0.0279. The molecule has 0 unspecified atom stereocenters. The van der Waals surface area contributed by atoms with Crippen molar-refractivity contribution in [3.8, 4) is 0 Å². The summed E-state index contributed by atoms with van der Waals surface area (Å²) >= 11 is 0. The third kappa shape index (κ3) is 3.03.